The first kappa shape index (κ1) is 24.3. The van der Waals surface area contributed by atoms with Gasteiger partial charge in [-0.1, -0.05) is 0 Å². The second kappa shape index (κ2) is 12.0. The lowest BCUT2D eigenvalue weighted by atomic mass is 10.1. The van der Waals surface area contributed by atoms with Crippen molar-refractivity contribution in [2.45, 2.75) is 59.5 Å². The van der Waals surface area contributed by atoms with Crippen LogP contribution in [0.15, 0.2) is 33.5 Å². The van der Waals surface area contributed by atoms with Crippen molar-refractivity contribution in [1.82, 2.24) is 4.67 Å². The summed E-state index contributed by atoms with van der Waals surface area (Å²) < 4.78 is 25.1. The molecule has 1 atom stereocenters. The molecule has 2 aromatic rings. The Morgan fingerprint density at radius 2 is 1.80 bits per heavy atom. The van der Waals surface area contributed by atoms with E-state index < -0.39 is 8.53 Å². The Morgan fingerprint density at radius 1 is 1.10 bits per heavy atom. The number of fused-ring (bicyclic) bond motifs is 1. The lowest BCUT2D eigenvalue weighted by Crippen LogP contribution is -2.33. The highest BCUT2D eigenvalue weighted by molar-refractivity contribution is 7.44. The van der Waals surface area contributed by atoms with Crippen LogP contribution >= 0.6 is 8.53 Å². The molecular formula is C22H31N2O5P. The van der Waals surface area contributed by atoms with Gasteiger partial charge in [0.05, 0.1) is 32.3 Å². The van der Waals surface area contributed by atoms with E-state index in [1.165, 1.54) is 6.07 Å². The third kappa shape index (κ3) is 7.07. The quantitative estimate of drug-likeness (QED) is 0.259. The monoisotopic (exact) mass is 434 g/mol. The van der Waals surface area contributed by atoms with E-state index in [-0.39, 0.29) is 17.7 Å². The molecule has 1 aromatic carbocycles. The molecule has 2 rings (SSSR count). The molecule has 0 aliphatic carbocycles. The number of nitrogens with zero attached hydrogens (tertiary/aromatic N) is 2. The molecule has 1 heterocycles. The topological polar surface area (TPSA) is 84.9 Å². The first-order chi connectivity index (χ1) is 14.3. The summed E-state index contributed by atoms with van der Waals surface area (Å²) in [5.41, 5.74) is 1.04. The minimum atomic E-state index is -1.24. The van der Waals surface area contributed by atoms with Crippen molar-refractivity contribution in [1.29, 1.82) is 5.26 Å². The zero-order valence-electron chi connectivity index (χ0n) is 18.4. The normalized spacial score (nSPS) is 12.6. The van der Waals surface area contributed by atoms with Crippen molar-refractivity contribution in [2.75, 3.05) is 19.8 Å². The van der Waals surface area contributed by atoms with Gasteiger partial charge in [0.2, 0.25) is 0 Å². The zero-order chi connectivity index (χ0) is 22.1. The number of hydrogen-bond donors (Lipinski definition) is 0. The summed E-state index contributed by atoms with van der Waals surface area (Å²) in [5.74, 6) is 0.648. The highest BCUT2D eigenvalue weighted by Crippen LogP contribution is 2.46. The molecule has 1 unspecified atom stereocenters. The van der Waals surface area contributed by atoms with Crippen molar-refractivity contribution in [3.05, 3.63) is 40.2 Å². The summed E-state index contributed by atoms with van der Waals surface area (Å²) >= 11 is 0. The third-order valence-corrected chi connectivity index (χ3v) is 6.45. The fourth-order valence-electron chi connectivity index (χ4n) is 3.10. The van der Waals surface area contributed by atoms with E-state index >= 15 is 0 Å². The SMILES string of the molecule is Cc1cc(=O)oc2cc(OCCCOP(OCCC#N)N(C(C)C)C(C)C)ccc12. The zero-order valence-corrected chi connectivity index (χ0v) is 19.3. The number of rotatable bonds is 12. The Labute approximate surface area is 179 Å². The van der Waals surface area contributed by atoms with Crippen molar-refractivity contribution in [3.8, 4) is 11.8 Å². The van der Waals surface area contributed by atoms with Crippen molar-refractivity contribution in [3.63, 3.8) is 0 Å². The molecule has 0 amide bonds. The maximum absolute atomic E-state index is 11.6. The predicted octanol–water partition coefficient (Wildman–Crippen LogP) is 5.16. The largest absolute Gasteiger partial charge is 0.493 e. The summed E-state index contributed by atoms with van der Waals surface area (Å²) in [7, 11) is -1.24. The van der Waals surface area contributed by atoms with E-state index in [0.717, 1.165) is 10.9 Å². The molecule has 30 heavy (non-hydrogen) atoms. The standard InChI is InChI=1S/C22H31N2O5P/c1-16(2)24(17(3)4)30(27-12-6-10-23)28-13-7-11-26-19-8-9-20-18(5)14-22(25)29-21(20)15-19/h8-9,14-17H,6-7,11-13H2,1-5H3. The lowest BCUT2D eigenvalue weighted by molar-refractivity contribution is 0.167. The van der Waals surface area contributed by atoms with Crippen LogP contribution < -0.4 is 10.4 Å². The number of aryl methyl sites for hydroxylation is 1. The lowest BCUT2D eigenvalue weighted by Gasteiger charge is -2.35. The Morgan fingerprint density at radius 3 is 2.47 bits per heavy atom. The van der Waals surface area contributed by atoms with E-state index in [1.807, 2.05) is 19.1 Å². The first-order valence-electron chi connectivity index (χ1n) is 10.2. The van der Waals surface area contributed by atoms with Gasteiger partial charge in [0.15, 0.2) is 0 Å². The molecule has 0 spiro atoms. The smallest absolute Gasteiger partial charge is 0.336 e. The van der Waals surface area contributed by atoms with E-state index in [1.54, 1.807) is 6.07 Å². The van der Waals surface area contributed by atoms with Gasteiger partial charge in [0.1, 0.15) is 11.3 Å². The molecule has 0 N–H and O–H groups in total. The van der Waals surface area contributed by atoms with Crippen LogP contribution in [0.1, 0.15) is 46.1 Å². The van der Waals surface area contributed by atoms with Gasteiger partial charge in [-0.3, -0.25) is 0 Å². The maximum atomic E-state index is 11.6. The highest BCUT2D eigenvalue weighted by Gasteiger charge is 2.26. The van der Waals surface area contributed by atoms with Gasteiger partial charge < -0.3 is 18.2 Å². The average molecular weight is 434 g/mol. The van der Waals surface area contributed by atoms with Gasteiger partial charge >= 0.3 is 5.63 Å². The number of benzene rings is 1. The molecule has 7 nitrogen and oxygen atoms in total. The maximum Gasteiger partial charge on any atom is 0.336 e. The fraction of sp³-hybridized carbons (Fsp3) is 0.545. The summed E-state index contributed by atoms with van der Waals surface area (Å²) in [4.78, 5) is 11.6. The molecule has 0 fully saturated rings. The molecular weight excluding hydrogens is 403 g/mol. The van der Waals surface area contributed by atoms with Crippen LogP contribution in [-0.4, -0.2) is 36.6 Å². The van der Waals surface area contributed by atoms with E-state index in [2.05, 4.69) is 38.4 Å². The number of hydrogen-bond acceptors (Lipinski definition) is 7. The molecule has 1 aromatic heterocycles. The highest BCUT2D eigenvalue weighted by atomic mass is 31.2. The molecule has 0 saturated carbocycles. The Kier molecular flexibility index (Phi) is 9.74. The average Bonchev–Trinajstić information content (AvgIpc) is 2.66. The van der Waals surface area contributed by atoms with E-state index in [4.69, 9.17) is 23.5 Å². The minimum Gasteiger partial charge on any atom is -0.493 e. The summed E-state index contributed by atoms with van der Waals surface area (Å²) in [6.07, 6.45) is 1.02. The molecule has 0 aliphatic heterocycles. The van der Waals surface area contributed by atoms with Crippen molar-refractivity contribution >= 4 is 19.5 Å². The van der Waals surface area contributed by atoms with E-state index in [9.17, 15) is 4.79 Å². The third-order valence-electron chi connectivity index (χ3n) is 4.34. The second-order valence-corrected chi connectivity index (χ2v) is 8.94. The van der Waals surface area contributed by atoms with Gasteiger partial charge in [-0.15, -0.1) is 0 Å². The molecule has 0 saturated heterocycles. The molecule has 0 bridgehead atoms. The van der Waals surface area contributed by atoms with E-state index in [0.29, 0.717) is 44.0 Å². The molecule has 0 radical (unpaired) electrons. The second-order valence-electron chi connectivity index (χ2n) is 7.49. The van der Waals surface area contributed by atoms with Crippen LogP contribution in [0.2, 0.25) is 0 Å². The molecule has 164 valence electrons. The Bertz CT molecular complexity index is 899. The van der Waals surface area contributed by atoms with Gasteiger partial charge in [0.25, 0.3) is 8.53 Å². The van der Waals surface area contributed by atoms with Crippen LogP contribution in [0, 0.1) is 18.3 Å². The Balaban J connectivity index is 1.89. The van der Waals surface area contributed by atoms with Crippen LogP contribution in [0.5, 0.6) is 5.75 Å². The molecule has 8 heteroatoms. The first-order valence-corrected chi connectivity index (χ1v) is 11.3. The minimum absolute atomic E-state index is 0.269. The van der Waals surface area contributed by atoms with Crippen LogP contribution in [0.4, 0.5) is 0 Å². The van der Waals surface area contributed by atoms with Gasteiger partial charge in [0, 0.05) is 36.0 Å². The predicted molar refractivity (Wildman–Crippen MR) is 118 cm³/mol. The number of nitriles is 1. The van der Waals surface area contributed by atoms with Crippen molar-refractivity contribution in [2.24, 2.45) is 0 Å². The molecule has 0 aliphatic rings. The fourth-order valence-corrected chi connectivity index (χ4v) is 4.73. The Hall–Kier alpha value is -1.97. The summed E-state index contributed by atoms with van der Waals surface area (Å²) in [6.45, 7) is 11.6. The van der Waals surface area contributed by atoms with Crippen LogP contribution in [-0.2, 0) is 9.05 Å². The van der Waals surface area contributed by atoms with Gasteiger partial charge in [-0.25, -0.2) is 9.46 Å². The summed E-state index contributed by atoms with van der Waals surface area (Å²) in [5, 5.41) is 9.67. The van der Waals surface area contributed by atoms with Gasteiger partial charge in [-0.2, -0.15) is 5.26 Å². The van der Waals surface area contributed by atoms with Crippen molar-refractivity contribution < 1.29 is 18.2 Å². The van der Waals surface area contributed by atoms with Crippen LogP contribution in [0.25, 0.3) is 11.0 Å². The summed E-state index contributed by atoms with van der Waals surface area (Å²) in [6, 6.07) is 9.62. The van der Waals surface area contributed by atoms with Crippen LogP contribution in [0.3, 0.4) is 0 Å². The number of ether oxygens (including phenoxy) is 1. The van der Waals surface area contributed by atoms with Gasteiger partial charge in [-0.05, 0) is 52.3 Å².